The molecule has 0 aliphatic heterocycles. The summed E-state index contributed by atoms with van der Waals surface area (Å²) in [5.74, 6) is -1.12. The molecule has 21 heavy (non-hydrogen) atoms. The predicted molar refractivity (Wildman–Crippen MR) is 81.6 cm³/mol. The highest BCUT2D eigenvalue weighted by molar-refractivity contribution is 7.89. The number of aliphatic carboxylic acids is 1. The first-order chi connectivity index (χ1) is 9.76. The third-order valence-corrected chi connectivity index (χ3v) is 4.78. The largest absolute Gasteiger partial charge is 0.481 e. The van der Waals surface area contributed by atoms with Crippen LogP contribution in [0.25, 0.3) is 0 Å². The molecule has 0 aliphatic carbocycles. The Bertz CT molecular complexity index is 564. The minimum atomic E-state index is -3.70. The smallest absolute Gasteiger partial charge is 0.304 e. The van der Waals surface area contributed by atoms with Crippen LogP contribution in [0.3, 0.4) is 0 Å². The molecule has 118 valence electrons. The summed E-state index contributed by atoms with van der Waals surface area (Å²) < 4.78 is 27.1. The molecule has 0 aliphatic rings. The Labute approximate surface area is 126 Å². The van der Waals surface area contributed by atoms with E-state index in [1.807, 2.05) is 0 Å². The van der Waals surface area contributed by atoms with Crippen molar-refractivity contribution in [1.29, 1.82) is 0 Å². The van der Waals surface area contributed by atoms with Crippen LogP contribution in [0, 0.1) is 5.92 Å². The number of carboxylic acids is 1. The van der Waals surface area contributed by atoms with Crippen LogP contribution in [-0.2, 0) is 21.2 Å². The fourth-order valence-electron chi connectivity index (χ4n) is 1.99. The van der Waals surface area contributed by atoms with Crippen molar-refractivity contribution in [2.24, 2.45) is 5.92 Å². The minimum absolute atomic E-state index is 0.102. The van der Waals surface area contributed by atoms with Crippen molar-refractivity contribution in [3.8, 4) is 0 Å². The van der Waals surface area contributed by atoms with E-state index in [4.69, 9.17) is 5.11 Å². The molecular formula is C15H23NO4S. The zero-order valence-electron chi connectivity index (χ0n) is 12.7. The monoisotopic (exact) mass is 313 g/mol. The van der Waals surface area contributed by atoms with Crippen LogP contribution in [0.1, 0.15) is 39.2 Å². The van der Waals surface area contributed by atoms with E-state index in [0.29, 0.717) is 0 Å². The Morgan fingerprint density at radius 3 is 2.24 bits per heavy atom. The summed E-state index contributed by atoms with van der Waals surface area (Å²) in [6.45, 7) is 5.65. The van der Waals surface area contributed by atoms with Crippen molar-refractivity contribution in [3.05, 3.63) is 29.8 Å². The molecule has 1 aromatic carbocycles. The second kappa shape index (κ2) is 7.56. The van der Waals surface area contributed by atoms with Crippen molar-refractivity contribution in [3.63, 3.8) is 0 Å². The van der Waals surface area contributed by atoms with Gasteiger partial charge in [0, 0.05) is 6.04 Å². The van der Waals surface area contributed by atoms with E-state index in [-0.39, 0.29) is 17.2 Å². The average Bonchev–Trinajstić information content (AvgIpc) is 2.38. The molecular weight excluding hydrogens is 290 g/mol. The van der Waals surface area contributed by atoms with E-state index in [9.17, 15) is 13.2 Å². The molecule has 0 saturated heterocycles. The molecule has 0 fully saturated rings. The number of sulfonamides is 1. The van der Waals surface area contributed by atoms with Crippen LogP contribution in [-0.4, -0.2) is 25.5 Å². The van der Waals surface area contributed by atoms with Gasteiger partial charge in [0.25, 0.3) is 0 Å². The number of nitrogens with one attached hydrogen (secondary N) is 1. The lowest BCUT2D eigenvalue weighted by molar-refractivity contribution is -0.137. The van der Waals surface area contributed by atoms with E-state index in [0.717, 1.165) is 18.4 Å². The number of rotatable bonds is 8. The molecule has 1 unspecified atom stereocenters. The molecule has 1 atom stereocenters. The fraction of sp³-hybridized carbons (Fsp3) is 0.533. The maximum Gasteiger partial charge on any atom is 0.304 e. The van der Waals surface area contributed by atoms with Gasteiger partial charge in [-0.3, -0.25) is 4.79 Å². The van der Waals surface area contributed by atoms with E-state index in [1.165, 1.54) is 0 Å². The maximum atomic E-state index is 12.3. The molecule has 0 spiro atoms. The first-order valence-corrected chi connectivity index (χ1v) is 8.57. The van der Waals surface area contributed by atoms with Crippen molar-refractivity contribution in [2.75, 3.05) is 0 Å². The number of benzene rings is 1. The normalized spacial score (nSPS) is 13.3. The van der Waals surface area contributed by atoms with Gasteiger partial charge in [-0.1, -0.05) is 39.3 Å². The molecule has 2 N–H and O–H groups in total. The Hall–Kier alpha value is -1.40. The van der Waals surface area contributed by atoms with Gasteiger partial charge in [-0.15, -0.1) is 0 Å². The van der Waals surface area contributed by atoms with Gasteiger partial charge >= 0.3 is 5.97 Å². The average molecular weight is 313 g/mol. The molecule has 0 bridgehead atoms. The summed E-state index contributed by atoms with van der Waals surface area (Å²) in [6.07, 6.45) is 1.67. The topological polar surface area (TPSA) is 83.5 Å². The lowest BCUT2D eigenvalue weighted by atomic mass is 10.0. The Morgan fingerprint density at radius 2 is 1.81 bits per heavy atom. The van der Waals surface area contributed by atoms with E-state index in [1.54, 1.807) is 38.1 Å². The lowest BCUT2D eigenvalue weighted by Gasteiger charge is -2.20. The van der Waals surface area contributed by atoms with Crippen molar-refractivity contribution >= 4 is 16.0 Å². The van der Waals surface area contributed by atoms with Crippen LogP contribution in [0.5, 0.6) is 0 Å². The summed E-state index contributed by atoms with van der Waals surface area (Å²) in [6, 6.07) is 6.08. The van der Waals surface area contributed by atoms with Crippen LogP contribution in [0.4, 0.5) is 0 Å². The number of hydrogen-bond donors (Lipinski definition) is 2. The number of carbonyl (C=O) groups is 1. The first kappa shape index (κ1) is 17.7. The zero-order chi connectivity index (χ0) is 16.0. The Morgan fingerprint density at radius 1 is 1.24 bits per heavy atom. The van der Waals surface area contributed by atoms with Gasteiger partial charge in [-0.25, -0.2) is 13.1 Å². The standard InChI is InChI=1S/C15H23NO4S/c1-4-5-12-6-8-13(9-7-12)21(19,20)16-14(11(2)3)10-15(17)18/h6-9,11,14,16H,4-5,10H2,1-3H3,(H,17,18). The van der Waals surface area contributed by atoms with E-state index in [2.05, 4.69) is 11.6 Å². The third-order valence-electron chi connectivity index (χ3n) is 3.28. The summed E-state index contributed by atoms with van der Waals surface area (Å²) in [4.78, 5) is 11.0. The highest BCUT2D eigenvalue weighted by Crippen LogP contribution is 2.15. The van der Waals surface area contributed by atoms with Crippen molar-refractivity contribution in [2.45, 2.75) is 51.0 Å². The fourth-order valence-corrected chi connectivity index (χ4v) is 3.38. The second-order valence-electron chi connectivity index (χ2n) is 5.46. The van der Waals surface area contributed by atoms with Crippen molar-refractivity contribution < 1.29 is 18.3 Å². The van der Waals surface area contributed by atoms with Gasteiger partial charge in [-0.05, 0) is 30.0 Å². The quantitative estimate of drug-likeness (QED) is 0.772. The summed E-state index contributed by atoms with van der Waals surface area (Å²) in [5, 5.41) is 8.86. The Balaban J connectivity index is 2.90. The molecule has 1 rings (SSSR count). The second-order valence-corrected chi connectivity index (χ2v) is 7.18. The molecule has 0 aromatic heterocycles. The minimum Gasteiger partial charge on any atom is -0.481 e. The molecule has 1 aromatic rings. The SMILES string of the molecule is CCCc1ccc(S(=O)(=O)NC(CC(=O)O)C(C)C)cc1. The summed E-state index contributed by atoms with van der Waals surface area (Å²) in [7, 11) is -3.70. The highest BCUT2D eigenvalue weighted by Gasteiger charge is 2.24. The third kappa shape index (κ3) is 5.47. The van der Waals surface area contributed by atoms with Gasteiger partial charge < -0.3 is 5.11 Å². The number of carboxylic acid groups (broad SMARTS) is 1. The summed E-state index contributed by atoms with van der Waals surface area (Å²) in [5.41, 5.74) is 1.09. The van der Waals surface area contributed by atoms with Crippen molar-refractivity contribution in [1.82, 2.24) is 4.72 Å². The number of aryl methyl sites for hydroxylation is 1. The predicted octanol–water partition coefficient (Wildman–Crippen LogP) is 2.42. The molecule has 6 heteroatoms. The van der Waals surface area contributed by atoms with E-state index < -0.39 is 22.0 Å². The number of hydrogen-bond acceptors (Lipinski definition) is 3. The van der Waals surface area contributed by atoms with Gasteiger partial charge in [0.2, 0.25) is 10.0 Å². The van der Waals surface area contributed by atoms with E-state index >= 15 is 0 Å². The molecule has 0 heterocycles. The van der Waals surface area contributed by atoms with Crippen LogP contribution in [0.2, 0.25) is 0 Å². The molecule has 0 saturated carbocycles. The lowest BCUT2D eigenvalue weighted by Crippen LogP contribution is -2.40. The Kier molecular flexibility index (Phi) is 6.36. The van der Waals surface area contributed by atoms with Crippen LogP contribution < -0.4 is 4.72 Å². The van der Waals surface area contributed by atoms with Crippen LogP contribution in [0.15, 0.2) is 29.2 Å². The zero-order valence-corrected chi connectivity index (χ0v) is 13.5. The van der Waals surface area contributed by atoms with Gasteiger partial charge in [-0.2, -0.15) is 0 Å². The molecule has 0 radical (unpaired) electrons. The molecule has 5 nitrogen and oxygen atoms in total. The van der Waals surface area contributed by atoms with Gasteiger partial charge in [0.05, 0.1) is 11.3 Å². The first-order valence-electron chi connectivity index (χ1n) is 7.09. The van der Waals surface area contributed by atoms with Crippen LogP contribution >= 0.6 is 0 Å². The molecule has 0 amide bonds. The summed E-state index contributed by atoms with van der Waals surface area (Å²) >= 11 is 0. The maximum absolute atomic E-state index is 12.3. The van der Waals surface area contributed by atoms with Gasteiger partial charge in [0.1, 0.15) is 0 Å². The van der Waals surface area contributed by atoms with Gasteiger partial charge in [0.15, 0.2) is 0 Å². The highest BCUT2D eigenvalue weighted by atomic mass is 32.2.